The van der Waals surface area contributed by atoms with Crippen LogP contribution in [0.5, 0.6) is 0 Å². The van der Waals surface area contributed by atoms with Crippen molar-refractivity contribution in [3.63, 3.8) is 0 Å². The second kappa shape index (κ2) is 3.24. The zero-order valence-corrected chi connectivity index (χ0v) is 7.02. The molecule has 1 heteroatoms. The van der Waals surface area contributed by atoms with Crippen LogP contribution in [0.2, 0.25) is 0 Å². The Morgan fingerprint density at radius 2 is 2.36 bits per heavy atom. The number of nitrogens with one attached hydrogen (secondary N) is 1. The summed E-state index contributed by atoms with van der Waals surface area (Å²) in [4.78, 5) is 3.14. The summed E-state index contributed by atoms with van der Waals surface area (Å²) in [5.74, 6) is 0. The quantitative estimate of drug-likeness (QED) is 0.664. The van der Waals surface area contributed by atoms with Gasteiger partial charge in [0.1, 0.15) is 0 Å². The minimum atomic E-state index is 0. The minimum Gasteiger partial charge on any atom is -0.361 e. The third kappa shape index (κ3) is 1.43. The molecule has 0 aliphatic rings. The van der Waals surface area contributed by atoms with Gasteiger partial charge in [0.15, 0.2) is 0 Å². The zero-order chi connectivity index (χ0) is 8.27. The van der Waals surface area contributed by atoms with E-state index in [0.29, 0.717) is 0 Å². The molecular weight excluding hydrogens is 134 g/mol. The van der Waals surface area contributed by atoms with Crippen molar-refractivity contribution in [2.75, 3.05) is 0 Å². The van der Waals surface area contributed by atoms with Gasteiger partial charge in [-0.15, -0.1) is 0 Å². The largest absolute Gasteiger partial charge is 0.361 e. The smallest absolute Gasteiger partial charge is 0.0450 e. The van der Waals surface area contributed by atoms with Crippen molar-refractivity contribution in [3.8, 4) is 0 Å². The van der Waals surface area contributed by atoms with Crippen LogP contribution in [0.1, 0.15) is 25.2 Å². The standard InChI is InChI=1S/C10H13N.H2/c1-4-6-9-8(3)7-11-10(9)5-2;/h4-7,11H,2H2,1,3H3;1H/b6-4-;. The van der Waals surface area contributed by atoms with E-state index in [1.165, 1.54) is 11.1 Å². The molecule has 0 spiro atoms. The van der Waals surface area contributed by atoms with Crippen molar-refractivity contribution in [1.29, 1.82) is 0 Å². The molecule has 0 saturated carbocycles. The van der Waals surface area contributed by atoms with E-state index in [0.717, 1.165) is 5.69 Å². The molecule has 1 N–H and O–H groups in total. The van der Waals surface area contributed by atoms with Gasteiger partial charge in [-0.3, -0.25) is 0 Å². The average Bonchev–Trinajstić information content (AvgIpc) is 2.34. The second-order valence-corrected chi connectivity index (χ2v) is 2.50. The lowest BCUT2D eigenvalue weighted by Crippen LogP contribution is -1.75. The molecule has 0 atom stereocenters. The van der Waals surface area contributed by atoms with Crippen LogP contribution in [0.4, 0.5) is 0 Å². The van der Waals surface area contributed by atoms with Crippen molar-refractivity contribution in [2.24, 2.45) is 0 Å². The fourth-order valence-corrected chi connectivity index (χ4v) is 1.11. The molecular formula is C10H15N. The number of aromatic nitrogens is 1. The van der Waals surface area contributed by atoms with E-state index >= 15 is 0 Å². The van der Waals surface area contributed by atoms with Crippen LogP contribution < -0.4 is 0 Å². The maximum atomic E-state index is 3.72. The fraction of sp³-hybridized carbons (Fsp3) is 0.200. The number of H-pyrrole nitrogens is 1. The Labute approximate surface area is 68.9 Å². The molecule has 0 fully saturated rings. The molecule has 0 saturated heterocycles. The molecule has 0 unspecified atom stereocenters. The van der Waals surface area contributed by atoms with Crippen LogP contribution >= 0.6 is 0 Å². The first-order valence-corrected chi connectivity index (χ1v) is 3.72. The van der Waals surface area contributed by atoms with Crippen LogP contribution in [0.3, 0.4) is 0 Å². The Hall–Kier alpha value is -1.24. The summed E-state index contributed by atoms with van der Waals surface area (Å²) < 4.78 is 0. The van der Waals surface area contributed by atoms with Crippen LogP contribution in [0, 0.1) is 6.92 Å². The molecule has 0 aliphatic heterocycles. The summed E-state index contributed by atoms with van der Waals surface area (Å²) >= 11 is 0. The normalized spacial score (nSPS) is 10.7. The Kier molecular flexibility index (Phi) is 2.32. The van der Waals surface area contributed by atoms with Crippen LogP contribution in [-0.2, 0) is 0 Å². The Balaban J connectivity index is 0.00000121. The van der Waals surface area contributed by atoms with Gasteiger partial charge >= 0.3 is 0 Å². The lowest BCUT2D eigenvalue weighted by Gasteiger charge is -1.92. The predicted octanol–water partition coefficient (Wildman–Crippen LogP) is 3.25. The second-order valence-electron chi connectivity index (χ2n) is 2.50. The number of allylic oxidation sites excluding steroid dienone is 1. The molecule has 0 amide bonds. The Morgan fingerprint density at radius 1 is 1.64 bits per heavy atom. The summed E-state index contributed by atoms with van der Waals surface area (Å²) in [5.41, 5.74) is 3.60. The molecule has 11 heavy (non-hydrogen) atoms. The van der Waals surface area contributed by atoms with E-state index in [1.807, 2.05) is 25.3 Å². The van der Waals surface area contributed by atoms with Gasteiger partial charge in [-0.25, -0.2) is 0 Å². The first-order valence-electron chi connectivity index (χ1n) is 3.72. The molecule has 0 aromatic carbocycles. The van der Waals surface area contributed by atoms with Gasteiger partial charge < -0.3 is 4.98 Å². The van der Waals surface area contributed by atoms with Crippen molar-refractivity contribution in [1.82, 2.24) is 4.98 Å². The molecule has 1 rings (SSSR count). The summed E-state index contributed by atoms with van der Waals surface area (Å²) in [6.45, 7) is 7.82. The van der Waals surface area contributed by atoms with Gasteiger partial charge in [0.05, 0.1) is 0 Å². The summed E-state index contributed by atoms with van der Waals surface area (Å²) in [7, 11) is 0. The highest BCUT2D eigenvalue weighted by Crippen LogP contribution is 2.15. The van der Waals surface area contributed by atoms with Crippen molar-refractivity contribution in [2.45, 2.75) is 13.8 Å². The van der Waals surface area contributed by atoms with E-state index in [2.05, 4.69) is 24.6 Å². The first kappa shape index (κ1) is 7.86. The lowest BCUT2D eigenvalue weighted by molar-refractivity contribution is 1.36. The highest BCUT2D eigenvalue weighted by Gasteiger charge is 1.99. The number of hydrogen-bond donors (Lipinski definition) is 1. The molecule has 1 aromatic rings. The number of aromatic amines is 1. The average molecular weight is 149 g/mol. The fourth-order valence-electron chi connectivity index (χ4n) is 1.11. The van der Waals surface area contributed by atoms with Crippen LogP contribution in [0.15, 0.2) is 18.9 Å². The Bertz CT molecular complexity index is 284. The highest BCUT2D eigenvalue weighted by atomic mass is 14.7. The third-order valence-corrected chi connectivity index (χ3v) is 1.70. The molecule has 0 radical (unpaired) electrons. The topological polar surface area (TPSA) is 15.8 Å². The molecule has 1 aromatic heterocycles. The van der Waals surface area contributed by atoms with Crippen molar-refractivity contribution in [3.05, 3.63) is 35.7 Å². The van der Waals surface area contributed by atoms with Gasteiger partial charge in [0, 0.05) is 18.9 Å². The Morgan fingerprint density at radius 3 is 2.91 bits per heavy atom. The van der Waals surface area contributed by atoms with E-state index in [-0.39, 0.29) is 1.43 Å². The van der Waals surface area contributed by atoms with Crippen molar-refractivity contribution >= 4 is 12.2 Å². The maximum Gasteiger partial charge on any atom is 0.0450 e. The van der Waals surface area contributed by atoms with Crippen molar-refractivity contribution < 1.29 is 1.43 Å². The summed E-state index contributed by atoms with van der Waals surface area (Å²) in [5, 5.41) is 0. The van der Waals surface area contributed by atoms with Gasteiger partial charge in [-0.2, -0.15) is 0 Å². The molecule has 60 valence electrons. The van der Waals surface area contributed by atoms with Crippen LogP contribution in [-0.4, -0.2) is 4.98 Å². The zero-order valence-electron chi connectivity index (χ0n) is 7.02. The lowest BCUT2D eigenvalue weighted by atomic mass is 10.1. The third-order valence-electron chi connectivity index (χ3n) is 1.70. The summed E-state index contributed by atoms with van der Waals surface area (Å²) in [6, 6.07) is 0. The molecule has 1 nitrogen and oxygen atoms in total. The molecule has 1 heterocycles. The summed E-state index contributed by atoms with van der Waals surface area (Å²) in [6.07, 6.45) is 7.95. The molecule has 0 bridgehead atoms. The molecule has 0 aliphatic carbocycles. The maximum absolute atomic E-state index is 3.72. The van der Waals surface area contributed by atoms with Crippen LogP contribution in [0.25, 0.3) is 12.2 Å². The number of hydrogen-bond acceptors (Lipinski definition) is 0. The highest BCUT2D eigenvalue weighted by molar-refractivity contribution is 5.64. The SMILES string of the molecule is C=Cc1[nH]cc(C)c1/C=C\C.[HH]. The van der Waals surface area contributed by atoms with E-state index < -0.39 is 0 Å². The first-order chi connectivity index (χ1) is 5.29. The van der Waals surface area contributed by atoms with E-state index in [4.69, 9.17) is 0 Å². The predicted molar refractivity (Wildman–Crippen MR) is 52.4 cm³/mol. The minimum absolute atomic E-state index is 0. The van der Waals surface area contributed by atoms with Gasteiger partial charge in [0.25, 0.3) is 0 Å². The number of rotatable bonds is 2. The van der Waals surface area contributed by atoms with Gasteiger partial charge in [0.2, 0.25) is 0 Å². The van der Waals surface area contributed by atoms with E-state index in [1.54, 1.807) is 0 Å². The van der Waals surface area contributed by atoms with Gasteiger partial charge in [-0.05, 0) is 25.5 Å². The van der Waals surface area contributed by atoms with Gasteiger partial charge in [-0.1, -0.05) is 18.7 Å². The van der Waals surface area contributed by atoms with E-state index in [9.17, 15) is 0 Å². The monoisotopic (exact) mass is 149 g/mol. The number of aryl methyl sites for hydroxylation is 1.